The van der Waals surface area contributed by atoms with Crippen LogP contribution in [0.3, 0.4) is 0 Å². The van der Waals surface area contributed by atoms with E-state index >= 15 is 0 Å². The predicted molar refractivity (Wildman–Crippen MR) is 75.0 cm³/mol. The zero-order valence-electron chi connectivity index (χ0n) is 10.2. The summed E-state index contributed by atoms with van der Waals surface area (Å²) in [6, 6.07) is 14.6. The Morgan fingerprint density at radius 2 is 1.84 bits per heavy atom. The molecule has 98 valence electrons. The van der Waals surface area contributed by atoms with Gasteiger partial charge in [-0.3, -0.25) is 10.1 Å². The van der Waals surface area contributed by atoms with E-state index in [-0.39, 0.29) is 12.3 Å². The van der Waals surface area contributed by atoms with Crippen LogP contribution in [0.4, 0.5) is 5.69 Å². The van der Waals surface area contributed by atoms with Gasteiger partial charge in [0.2, 0.25) is 0 Å². The smallest absolute Gasteiger partial charge is 0.283 e. The van der Waals surface area contributed by atoms with Crippen molar-refractivity contribution in [2.75, 3.05) is 0 Å². The highest BCUT2D eigenvalue weighted by molar-refractivity contribution is 7.98. The van der Waals surface area contributed by atoms with Gasteiger partial charge in [-0.1, -0.05) is 36.4 Å². The van der Waals surface area contributed by atoms with Crippen molar-refractivity contribution in [1.82, 2.24) is 0 Å². The van der Waals surface area contributed by atoms with Crippen LogP contribution in [-0.2, 0) is 12.4 Å². The van der Waals surface area contributed by atoms with E-state index in [1.807, 2.05) is 30.3 Å². The third-order valence-corrected chi connectivity index (χ3v) is 3.77. The highest BCUT2D eigenvalue weighted by Crippen LogP contribution is 2.32. The zero-order chi connectivity index (χ0) is 13.7. The Kier molecular flexibility index (Phi) is 4.54. The highest BCUT2D eigenvalue weighted by Gasteiger charge is 2.14. The van der Waals surface area contributed by atoms with Crippen molar-refractivity contribution in [3.63, 3.8) is 0 Å². The van der Waals surface area contributed by atoms with Crippen molar-refractivity contribution in [3.8, 4) is 0 Å². The molecule has 1 N–H and O–H groups in total. The highest BCUT2D eigenvalue weighted by atomic mass is 32.2. The Morgan fingerprint density at radius 3 is 2.47 bits per heavy atom. The fourth-order valence-corrected chi connectivity index (χ4v) is 2.62. The SMILES string of the molecule is O=[N+]([O-])c1cc(CO)ccc1SCc1ccccc1. The van der Waals surface area contributed by atoms with Crippen molar-refractivity contribution in [1.29, 1.82) is 0 Å². The summed E-state index contributed by atoms with van der Waals surface area (Å²) in [5, 5.41) is 20.0. The molecule has 0 fully saturated rings. The van der Waals surface area contributed by atoms with Crippen molar-refractivity contribution >= 4 is 17.4 Å². The maximum Gasteiger partial charge on any atom is 0.283 e. The maximum absolute atomic E-state index is 11.0. The van der Waals surface area contributed by atoms with Crippen molar-refractivity contribution < 1.29 is 10.0 Å². The summed E-state index contributed by atoms with van der Waals surface area (Å²) in [6.45, 7) is -0.190. The fourth-order valence-electron chi connectivity index (χ4n) is 1.66. The van der Waals surface area contributed by atoms with Crippen LogP contribution in [0.25, 0.3) is 0 Å². The number of nitro benzene ring substituents is 1. The molecule has 0 unspecified atom stereocenters. The van der Waals surface area contributed by atoms with E-state index in [1.54, 1.807) is 12.1 Å². The van der Waals surface area contributed by atoms with Gasteiger partial charge >= 0.3 is 0 Å². The zero-order valence-corrected chi connectivity index (χ0v) is 11.0. The van der Waals surface area contributed by atoms with E-state index in [9.17, 15) is 10.1 Å². The van der Waals surface area contributed by atoms with E-state index < -0.39 is 4.92 Å². The second-order valence-corrected chi connectivity index (χ2v) is 5.01. The topological polar surface area (TPSA) is 63.4 Å². The van der Waals surface area contributed by atoms with Crippen molar-refractivity contribution in [2.24, 2.45) is 0 Å². The number of nitrogens with zero attached hydrogens (tertiary/aromatic N) is 1. The molecule has 0 spiro atoms. The van der Waals surface area contributed by atoms with Crippen LogP contribution in [0, 0.1) is 10.1 Å². The van der Waals surface area contributed by atoms with Crippen LogP contribution in [0.5, 0.6) is 0 Å². The Morgan fingerprint density at radius 1 is 1.11 bits per heavy atom. The number of hydrogen-bond acceptors (Lipinski definition) is 4. The van der Waals surface area contributed by atoms with Crippen LogP contribution in [0.1, 0.15) is 11.1 Å². The lowest BCUT2D eigenvalue weighted by molar-refractivity contribution is -0.387. The minimum atomic E-state index is -0.410. The van der Waals surface area contributed by atoms with E-state index in [4.69, 9.17) is 5.11 Å². The lowest BCUT2D eigenvalue weighted by atomic mass is 10.2. The lowest BCUT2D eigenvalue weighted by Gasteiger charge is -2.05. The normalized spacial score (nSPS) is 10.4. The third-order valence-electron chi connectivity index (χ3n) is 2.64. The molecule has 0 aliphatic rings. The Hall–Kier alpha value is -1.85. The molecule has 0 aromatic heterocycles. The molecule has 4 nitrogen and oxygen atoms in total. The molecule has 2 aromatic rings. The van der Waals surface area contributed by atoms with Gasteiger partial charge in [-0.25, -0.2) is 0 Å². The third kappa shape index (κ3) is 3.56. The number of benzene rings is 2. The molecule has 0 aliphatic heterocycles. The standard InChI is InChI=1S/C14H13NO3S/c16-9-12-6-7-14(13(8-12)15(17)18)19-10-11-4-2-1-3-5-11/h1-8,16H,9-10H2. The van der Waals surface area contributed by atoms with Gasteiger partial charge in [-0.05, 0) is 17.2 Å². The average molecular weight is 275 g/mol. The average Bonchev–Trinajstić information content (AvgIpc) is 2.46. The molecule has 0 amide bonds. The second-order valence-electron chi connectivity index (χ2n) is 3.99. The molecule has 2 aromatic carbocycles. The van der Waals surface area contributed by atoms with Gasteiger partial charge in [0.15, 0.2) is 0 Å². The molecule has 2 rings (SSSR count). The van der Waals surface area contributed by atoms with Gasteiger partial charge in [0, 0.05) is 11.8 Å². The maximum atomic E-state index is 11.0. The minimum absolute atomic E-state index is 0.0486. The van der Waals surface area contributed by atoms with Crippen molar-refractivity contribution in [3.05, 3.63) is 69.8 Å². The molecular formula is C14H13NO3S. The molecule has 0 heterocycles. The summed E-state index contributed by atoms with van der Waals surface area (Å²) in [5.74, 6) is 0.681. The number of nitro groups is 1. The minimum Gasteiger partial charge on any atom is -0.392 e. The molecule has 0 saturated carbocycles. The summed E-state index contributed by atoms with van der Waals surface area (Å²) in [6.07, 6.45) is 0. The van der Waals surface area contributed by atoms with Gasteiger partial charge in [-0.15, -0.1) is 11.8 Å². The molecule has 0 aliphatic carbocycles. The van der Waals surface area contributed by atoms with Gasteiger partial charge in [0.25, 0.3) is 5.69 Å². The molecular weight excluding hydrogens is 262 g/mol. The van der Waals surface area contributed by atoms with Crippen LogP contribution < -0.4 is 0 Å². The van der Waals surface area contributed by atoms with Crippen LogP contribution >= 0.6 is 11.8 Å². The first-order valence-corrected chi connectivity index (χ1v) is 6.74. The largest absolute Gasteiger partial charge is 0.392 e. The first kappa shape index (κ1) is 13.6. The van der Waals surface area contributed by atoms with Gasteiger partial charge in [-0.2, -0.15) is 0 Å². The second kappa shape index (κ2) is 6.36. The summed E-state index contributed by atoms with van der Waals surface area (Å²) in [7, 11) is 0. The van der Waals surface area contributed by atoms with E-state index in [2.05, 4.69) is 0 Å². The number of aliphatic hydroxyl groups is 1. The quantitative estimate of drug-likeness (QED) is 0.516. The molecule has 19 heavy (non-hydrogen) atoms. The molecule has 0 atom stereocenters. The summed E-state index contributed by atoms with van der Waals surface area (Å²) in [4.78, 5) is 11.2. The number of aliphatic hydroxyl groups excluding tert-OH is 1. The summed E-state index contributed by atoms with van der Waals surface area (Å²) < 4.78 is 0. The Balaban J connectivity index is 2.18. The fraction of sp³-hybridized carbons (Fsp3) is 0.143. The first-order chi connectivity index (χ1) is 9.20. The number of rotatable bonds is 5. The monoisotopic (exact) mass is 275 g/mol. The van der Waals surface area contributed by atoms with E-state index in [0.29, 0.717) is 16.2 Å². The number of thioether (sulfide) groups is 1. The molecule has 0 radical (unpaired) electrons. The molecule has 0 bridgehead atoms. The number of hydrogen-bond donors (Lipinski definition) is 1. The van der Waals surface area contributed by atoms with Crippen LogP contribution in [-0.4, -0.2) is 10.0 Å². The van der Waals surface area contributed by atoms with Gasteiger partial charge in [0.1, 0.15) is 0 Å². The molecule has 0 saturated heterocycles. The first-order valence-electron chi connectivity index (χ1n) is 5.75. The van der Waals surface area contributed by atoms with Crippen LogP contribution in [0.2, 0.25) is 0 Å². The Bertz CT molecular complexity index is 572. The Labute approximate surface area is 115 Å². The summed E-state index contributed by atoms with van der Waals surface area (Å²) in [5.41, 5.74) is 1.72. The van der Waals surface area contributed by atoms with Gasteiger partial charge in [0.05, 0.1) is 16.4 Å². The lowest BCUT2D eigenvalue weighted by Crippen LogP contribution is -1.94. The summed E-state index contributed by atoms with van der Waals surface area (Å²) >= 11 is 1.42. The van der Waals surface area contributed by atoms with E-state index in [1.165, 1.54) is 17.8 Å². The van der Waals surface area contributed by atoms with E-state index in [0.717, 1.165) is 5.56 Å². The molecule has 5 heteroatoms. The van der Waals surface area contributed by atoms with Gasteiger partial charge < -0.3 is 5.11 Å². The van der Waals surface area contributed by atoms with Crippen molar-refractivity contribution in [2.45, 2.75) is 17.3 Å². The van der Waals surface area contributed by atoms with Crippen LogP contribution in [0.15, 0.2) is 53.4 Å². The predicted octanol–water partition coefficient (Wildman–Crippen LogP) is 3.38.